The lowest BCUT2D eigenvalue weighted by Crippen LogP contribution is -2.42. The molecule has 0 radical (unpaired) electrons. The molecule has 0 spiro atoms. The summed E-state index contributed by atoms with van der Waals surface area (Å²) in [5, 5.41) is 7.34. The molecule has 17 heavy (non-hydrogen) atoms. The minimum Gasteiger partial charge on any atom is -0.360 e. The molecule has 1 aliphatic rings. The fraction of sp³-hybridized carbons (Fsp3) is 0.538. The van der Waals surface area contributed by atoms with Crippen LogP contribution < -0.4 is 10.6 Å². The molecular formula is C13H19N3S. The van der Waals surface area contributed by atoms with Gasteiger partial charge in [0, 0.05) is 12.2 Å². The van der Waals surface area contributed by atoms with Crippen LogP contribution in [0.2, 0.25) is 0 Å². The fourth-order valence-corrected chi connectivity index (χ4v) is 2.40. The zero-order valence-electron chi connectivity index (χ0n) is 9.98. The highest BCUT2D eigenvalue weighted by atomic mass is 32.1. The van der Waals surface area contributed by atoms with Crippen LogP contribution in [0.1, 0.15) is 37.8 Å². The molecule has 2 rings (SSSR count). The first-order valence-corrected chi connectivity index (χ1v) is 6.70. The predicted molar refractivity (Wildman–Crippen MR) is 73.7 cm³/mol. The molecular weight excluding hydrogens is 230 g/mol. The van der Waals surface area contributed by atoms with E-state index in [0.717, 1.165) is 10.8 Å². The van der Waals surface area contributed by atoms with Crippen molar-refractivity contribution in [1.29, 1.82) is 0 Å². The summed E-state index contributed by atoms with van der Waals surface area (Å²) in [5.41, 5.74) is 1.01. The number of hydrogen-bond donors (Lipinski definition) is 2. The van der Waals surface area contributed by atoms with Gasteiger partial charge in [0.05, 0.1) is 12.2 Å². The fourth-order valence-electron chi connectivity index (χ4n) is 2.16. The topological polar surface area (TPSA) is 37.0 Å². The lowest BCUT2D eigenvalue weighted by Gasteiger charge is -2.24. The SMILES string of the molecule is S=C(NCc1ccccn1)NC1CCCCC1. The number of pyridine rings is 1. The first-order chi connectivity index (χ1) is 8.34. The molecule has 4 heteroatoms. The molecule has 1 heterocycles. The van der Waals surface area contributed by atoms with Crippen molar-refractivity contribution in [3.05, 3.63) is 30.1 Å². The Bertz CT molecular complexity index is 347. The van der Waals surface area contributed by atoms with Crippen LogP contribution in [0.25, 0.3) is 0 Å². The largest absolute Gasteiger partial charge is 0.360 e. The summed E-state index contributed by atoms with van der Waals surface area (Å²) in [7, 11) is 0. The van der Waals surface area contributed by atoms with Crippen LogP contribution >= 0.6 is 12.2 Å². The van der Waals surface area contributed by atoms with Crippen LogP contribution in [-0.4, -0.2) is 16.1 Å². The number of thiocarbonyl (C=S) groups is 1. The van der Waals surface area contributed by atoms with Crippen LogP contribution in [0.3, 0.4) is 0 Å². The van der Waals surface area contributed by atoms with Crippen molar-refractivity contribution in [2.24, 2.45) is 0 Å². The molecule has 2 N–H and O–H groups in total. The van der Waals surface area contributed by atoms with E-state index in [0.29, 0.717) is 12.6 Å². The summed E-state index contributed by atoms with van der Waals surface area (Å²) >= 11 is 5.28. The van der Waals surface area contributed by atoms with Crippen molar-refractivity contribution in [1.82, 2.24) is 15.6 Å². The molecule has 1 fully saturated rings. The van der Waals surface area contributed by atoms with Crippen molar-refractivity contribution in [2.75, 3.05) is 0 Å². The Balaban J connectivity index is 1.70. The van der Waals surface area contributed by atoms with Crippen molar-refractivity contribution in [3.8, 4) is 0 Å². The lowest BCUT2D eigenvalue weighted by molar-refractivity contribution is 0.412. The maximum atomic E-state index is 5.28. The molecule has 0 saturated heterocycles. The zero-order valence-corrected chi connectivity index (χ0v) is 10.8. The third kappa shape index (κ3) is 4.30. The van der Waals surface area contributed by atoms with Crippen LogP contribution in [0.15, 0.2) is 24.4 Å². The van der Waals surface area contributed by atoms with E-state index in [1.165, 1.54) is 32.1 Å². The Hall–Kier alpha value is -1.16. The van der Waals surface area contributed by atoms with Gasteiger partial charge in [0.2, 0.25) is 0 Å². The Morgan fingerprint density at radius 1 is 1.29 bits per heavy atom. The minimum absolute atomic E-state index is 0.562. The summed E-state index contributed by atoms with van der Waals surface area (Å²) in [6, 6.07) is 6.47. The Morgan fingerprint density at radius 3 is 2.82 bits per heavy atom. The lowest BCUT2D eigenvalue weighted by atomic mass is 9.96. The van der Waals surface area contributed by atoms with Crippen molar-refractivity contribution in [3.63, 3.8) is 0 Å². The predicted octanol–water partition coefficient (Wildman–Crippen LogP) is 2.38. The van der Waals surface area contributed by atoms with E-state index in [1.807, 2.05) is 18.2 Å². The molecule has 3 nitrogen and oxygen atoms in total. The van der Waals surface area contributed by atoms with E-state index in [4.69, 9.17) is 12.2 Å². The zero-order chi connectivity index (χ0) is 11.9. The number of nitrogens with one attached hydrogen (secondary N) is 2. The summed E-state index contributed by atoms with van der Waals surface area (Å²) in [6.07, 6.45) is 8.29. The van der Waals surface area contributed by atoms with E-state index in [2.05, 4.69) is 15.6 Å². The Morgan fingerprint density at radius 2 is 2.12 bits per heavy atom. The first kappa shape index (κ1) is 12.3. The van der Waals surface area contributed by atoms with Gasteiger partial charge in [-0.15, -0.1) is 0 Å². The van der Waals surface area contributed by atoms with E-state index in [1.54, 1.807) is 6.20 Å². The molecule has 0 bridgehead atoms. The standard InChI is InChI=1S/C13H19N3S/c17-13(16-11-6-2-1-3-7-11)15-10-12-8-4-5-9-14-12/h4-5,8-9,11H,1-3,6-7,10H2,(H2,15,16,17). The number of hydrogen-bond acceptors (Lipinski definition) is 2. The summed E-state index contributed by atoms with van der Waals surface area (Å²) < 4.78 is 0. The molecule has 0 unspecified atom stereocenters. The molecule has 0 atom stereocenters. The average molecular weight is 249 g/mol. The first-order valence-electron chi connectivity index (χ1n) is 6.29. The second kappa shape index (κ2) is 6.55. The van der Waals surface area contributed by atoms with Crippen LogP contribution in [0.5, 0.6) is 0 Å². The third-order valence-corrected chi connectivity index (χ3v) is 3.36. The number of nitrogens with zero attached hydrogens (tertiary/aromatic N) is 1. The van der Waals surface area contributed by atoms with Crippen LogP contribution in [0, 0.1) is 0 Å². The molecule has 0 aromatic carbocycles. The van der Waals surface area contributed by atoms with Gasteiger partial charge in [0.15, 0.2) is 5.11 Å². The summed E-state index contributed by atoms with van der Waals surface area (Å²) in [5.74, 6) is 0. The number of rotatable bonds is 3. The molecule has 1 aromatic rings. The van der Waals surface area contributed by atoms with E-state index in [9.17, 15) is 0 Å². The van der Waals surface area contributed by atoms with E-state index >= 15 is 0 Å². The van der Waals surface area contributed by atoms with Gasteiger partial charge in [-0.3, -0.25) is 4.98 Å². The van der Waals surface area contributed by atoms with Crippen molar-refractivity contribution in [2.45, 2.75) is 44.7 Å². The second-order valence-corrected chi connectivity index (χ2v) is 4.89. The quantitative estimate of drug-likeness (QED) is 0.807. The maximum Gasteiger partial charge on any atom is 0.166 e. The van der Waals surface area contributed by atoms with Gasteiger partial charge in [-0.1, -0.05) is 25.3 Å². The van der Waals surface area contributed by atoms with E-state index in [-0.39, 0.29) is 0 Å². The van der Waals surface area contributed by atoms with Gasteiger partial charge in [-0.2, -0.15) is 0 Å². The highest BCUT2D eigenvalue weighted by Crippen LogP contribution is 2.17. The smallest absolute Gasteiger partial charge is 0.166 e. The van der Waals surface area contributed by atoms with Gasteiger partial charge in [0.25, 0.3) is 0 Å². The van der Waals surface area contributed by atoms with Gasteiger partial charge in [0.1, 0.15) is 0 Å². The number of aromatic nitrogens is 1. The molecule has 92 valence electrons. The third-order valence-electron chi connectivity index (χ3n) is 3.10. The van der Waals surface area contributed by atoms with Gasteiger partial charge in [-0.05, 0) is 37.2 Å². The highest BCUT2D eigenvalue weighted by Gasteiger charge is 2.13. The normalized spacial score (nSPS) is 16.5. The second-order valence-electron chi connectivity index (χ2n) is 4.48. The van der Waals surface area contributed by atoms with E-state index < -0.39 is 0 Å². The van der Waals surface area contributed by atoms with Gasteiger partial charge >= 0.3 is 0 Å². The molecule has 1 saturated carbocycles. The minimum atomic E-state index is 0.562. The Labute approximate surface area is 108 Å². The molecule has 1 aliphatic carbocycles. The van der Waals surface area contributed by atoms with Crippen LogP contribution in [0.4, 0.5) is 0 Å². The van der Waals surface area contributed by atoms with Gasteiger partial charge < -0.3 is 10.6 Å². The highest BCUT2D eigenvalue weighted by molar-refractivity contribution is 7.80. The monoisotopic (exact) mass is 249 g/mol. The van der Waals surface area contributed by atoms with Crippen molar-refractivity contribution >= 4 is 17.3 Å². The molecule has 0 amide bonds. The van der Waals surface area contributed by atoms with Crippen LogP contribution in [-0.2, 0) is 6.54 Å². The van der Waals surface area contributed by atoms with Gasteiger partial charge in [-0.25, -0.2) is 0 Å². The summed E-state index contributed by atoms with van der Waals surface area (Å²) in [6.45, 7) is 0.694. The summed E-state index contributed by atoms with van der Waals surface area (Å²) in [4.78, 5) is 4.25. The molecule has 1 aromatic heterocycles. The Kier molecular flexibility index (Phi) is 4.74. The maximum absolute atomic E-state index is 5.28. The average Bonchev–Trinajstić information content (AvgIpc) is 2.39. The molecule has 0 aliphatic heterocycles. The van der Waals surface area contributed by atoms with Crippen molar-refractivity contribution < 1.29 is 0 Å².